The van der Waals surface area contributed by atoms with E-state index >= 15 is 0 Å². The van der Waals surface area contributed by atoms with Gasteiger partial charge in [0.25, 0.3) is 5.91 Å². The van der Waals surface area contributed by atoms with E-state index in [0.29, 0.717) is 31.0 Å². The number of hydrogen-bond acceptors (Lipinski definition) is 5. The summed E-state index contributed by atoms with van der Waals surface area (Å²) in [6, 6.07) is 9.15. The Kier molecular flexibility index (Phi) is 6.04. The molecule has 0 spiro atoms. The molecule has 2 aliphatic heterocycles. The molecule has 0 unspecified atom stereocenters. The standard InChI is InChI=1S/C24H28N6O2S/c1-17-13-21(22(31)26-18-5-7-20(8-6-18)30-12-9-25-23(30)32)29(14-17)15-19-16-33-24(27-19)28-10-3-2-4-11-28/h5-8,13-14,16H,2-4,9-12,15H2,1H3,(H,25,32)(H,26,31). The second-order valence-corrected chi connectivity index (χ2v) is 9.42. The Morgan fingerprint density at radius 3 is 2.67 bits per heavy atom. The molecule has 0 atom stereocenters. The summed E-state index contributed by atoms with van der Waals surface area (Å²) >= 11 is 1.68. The Balaban J connectivity index is 1.27. The van der Waals surface area contributed by atoms with E-state index in [1.165, 1.54) is 19.3 Å². The molecule has 0 saturated carbocycles. The number of nitrogens with zero attached hydrogens (tertiary/aromatic N) is 4. The van der Waals surface area contributed by atoms with Crippen LogP contribution in [0.25, 0.3) is 0 Å². The third-order valence-electron chi connectivity index (χ3n) is 6.06. The molecule has 0 radical (unpaired) electrons. The molecule has 2 saturated heterocycles. The number of carbonyl (C=O) groups is 2. The van der Waals surface area contributed by atoms with Crippen LogP contribution in [0.15, 0.2) is 41.9 Å². The molecule has 3 aromatic rings. The first-order valence-corrected chi connectivity index (χ1v) is 12.3. The van der Waals surface area contributed by atoms with Crippen molar-refractivity contribution in [3.05, 3.63) is 58.9 Å². The summed E-state index contributed by atoms with van der Waals surface area (Å²) in [4.78, 5) is 33.8. The van der Waals surface area contributed by atoms with E-state index in [4.69, 9.17) is 4.98 Å². The van der Waals surface area contributed by atoms with Crippen LogP contribution in [0.1, 0.15) is 41.0 Å². The minimum atomic E-state index is -0.166. The SMILES string of the molecule is Cc1cc(C(=O)Nc2ccc(N3CCNC3=O)cc2)n(Cc2csc(N3CCCCC3)n2)c1. The Hall–Kier alpha value is -3.33. The first-order valence-electron chi connectivity index (χ1n) is 11.4. The van der Waals surface area contributed by atoms with Gasteiger partial charge in [0, 0.05) is 49.1 Å². The molecular weight excluding hydrogens is 436 g/mol. The number of piperidine rings is 1. The third kappa shape index (κ3) is 4.73. The predicted molar refractivity (Wildman–Crippen MR) is 132 cm³/mol. The average Bonchev–Trinajstić information content (AvgIpc) is 3.55. The van der Waals surface area contributed by atoms with Gasteiger partial charge in [-0.3, -0.25) is 9.69 Å². The van der Waals surface area contributed by atoms with Crippen LogP contribution in [0.3, 0.4) is 0 Å². The van der Waals surface area contributed by atoms with E-state index in [1.807, 2.05) is 48.0 Å². The van der Waals surface area contributed by atoms with Gasteiger partial charge in [0.2, 0.25) is 0 Å². The molecule has 172 valence electrons. The molecule has 9 heteroatoms. The monoisotopic (exact) mass is 464 g/mol. The second-order valence-electron chi connectivity index (χ2n) is 8.58. The van der Waals surface area contributed by atoms with Crippen molar-refractivity contribution in [1.82, 2.24) is 14.9 Å². The number of benzene rings is 1. The number of aryl methyl sites for hydroxylation is 1. The zero-order chi connectivity index (χ0) is 22.8. The van der Waals surface area contributed by atoms with Crippen molar-refractivity contribution >= 4 is 39.8 Å². The Morgan fingerprint density at radius 1 is 1.15 bits per heavy atom. The fourth-order valence-electron chi connectivity index (χ4n) is 4.39. The number of amides is 3. The Bertz CT molecular complexity index is 1150. The average molecular weight is 465 g/mol. The second kappa shape index (κ2) is 9.27. The smallest absolute Gasteiger partial charge is 0.321 e. The minimum absolute atomic E-state index is 0.0921. The van der Waals surface area contributed by atoms with Crippen LogP contribution < -0.4 is 20.4 Å². The minimum Gasteiger partial charge on any atom is -0.348 e. The van der Waals surface area contributed by atoms with Crippen LogP contribution in [0.5, 0.6) is 0 Å². The zero-order valence-corrected chi connectivity index (χ0v) is 19.5. The Morgan fingerprint density at radius 2 is 1.94 bits per heavy atom. The molecule has 0 aliphatic carbocycles. The molecule has 1 aromatic carbocycles. The third-order valence-corrected chi connectivity index (χ3v) is 7.01. The van der Waals surface area contributed by atoms with E-state index in [9.17, 15) is 9.59 Å². The molecule has 2 N–H and O–H groups in total. The summed E-state index contributed by atoms with van der Waals surface area (Å²) in [6.07, 6.45) is 5.74. The highest BCUT2D eigenvalue weighted by Gasteiger charge is 2.21. The molecule has 2 aliphatic rings. The van der Waals surface area contributed by atoms with Crippen LogP contribution in [-0.2, 0) is 6.54 Å². The molecule has 5 rings (SSSR count). The van der Waals surface area contributed by atoms with Crippen molar-refractivity contribution in [2.75, 3.05) is 41.3 Å². The predicted octanol–water partition coefficient (Wildman–Crippen LogP) is 4.07. The number of anilines is 3. The molecular formula is C24H28N6O2S. The van der Waals surface area contributed by atoms with Crippen molar-refractivity contribution < 1.29 is 9.59 Å². The molecule has 2 fully saturated rings. The van der Waals surface area contributed by atoms with Gasteiger partial charge in [-0.05, 0) is 62.1 Å². The van der Waals surface area contributed by atoms with Gasteiger partial charge in [-0.25, -0.2) is 9.78 Å². The van der Waals surface area contributed by atoms with Gasteiger partial charge in [-0.2, -0.15) is 0 Å². The maximum Gasteiger partial charge on any atom is 0.321 e. The van der Waals surface area contributed by atoms with Crippen LogP contribution >= 0.6 is 11.3 Å². The number of rotatable bonds is 6. The molecule has 4 heterocycles. The quantitative estimate of drug-likeness (QED) is 0.576. The van der Waals surface area contributed by atoms with E-state index < -0.39 is 0 Å². The van der Waals surface area contributed by atoms with Crippen molar-refractivity contribution in [3.63, 3.8) is 0 Å². The lowest BCUT2D eigenvalue weighted by atomic mass is 10.1. The van der Waals surface area contributed by atoms with Crippen LogP contribution in [0, 0.1) is 6.92 Å². The summed E-state index contributed by atoms with van der Waals surface area (Å²) in [6.45, 7) is 5.99. The van der Waals surface area contributed by atoms with Gasteiger partial charge in [-0.15, -0.1) is 11.3 Å². The van der Waals surface area contributed by atoms with Crippen molar-refractivity contribution in [1.29, 1.82) is 0 Å². The number of nitrogens with one attached hydrogen (secondary N) is 2. The van der Waals surface area contributed by atoms with Gasteiger partial charge in [0.05, 0.1) is 12.2 Å². The fraction of sp³-hybridized carbons (Fsp3) is 0.375. The maximum absolute atomic E-state index is 13.1. The lowest BCUT2D eigenvalue weighted by Crippen LogP contribution is -2.29. The van der Waals surface area contributed by atoms with Crippen LogP contribution in [-0.4, -0.2) is 47.7 Å². The highest BCUT2D eigenvalue weighted by molar-refractivity contribution is 7.13. The summed E-state index contributed by atoms with van der Waals surface area (Å²) in [5.74, 6) is -0.166. The first-order chi connectivity index (χ1) is 16.1. The summed E-state index contributed by atoms with van der Waals surface area (Å²) in [7, 11) is 0. The molecule has 0 bridgehead atoms. The summed E-state index contributed by atoms with van der Waals surface area (Å²) in [5, 5.41) is 8.94. The normalized spacial score (nSPS) is 16.2. The summed E-state index contributed by atoms with van der Waals surface area (Å²) < 4.78 is 1.96. The van der Waals surface area contributed by atoms with Gasteiger partial charge < -0.3 is 20.1 Å². The Labute approximate surface area is 197 Å². The van der Waals surface area contributed by atoms with Gasteiger partial charge >= 0.3 is 6.03 Å². The van der Waals surface area contributed by atoms with Gasteiger partial charge in [0.1, 0.15) is 5.69 Å². The van der Waals surface area contributed by atoms with E-state index in [1.54, 1.807) is 16.2 Å². The number of thiazole rings is 1. The molecule has 2 aromatic heterocycles. The van der Waals surface area contributed by atoms with Gasteiger partial charge in [0.15, 0.2) is 5.13 Å². The number of hydrogen-bond donors (Lipinski definition) is 2. The number of carbonyl (C=O) groups excluding carboxylic acids is 2. The largest absolute Gasteiger partial charge is 0.348 e. The highest BCUT2D eigenvalue weighted by Crippen LogP contribution is 2.25. The van der Waals surface area contributed by atoms with Gasteiger partial charge in [-0.1, -0.05) is 0 Å². The summed E-state index contributed by atoms with van der Waals surface area (Å²) in [5.41, 5.74) is 4.11. The van der Waals surface area contributed by atoms with E-state index in [-0.39, 0.29) is 11.9 Å². The number of urea groups is 1. The van der Waals surface area contributed by atoms with Crippen molar-refractivity contribution in [2.24, 2.45) is 0 Å². The van der Waals surface area contributed by atoms with Crippen molar-refractivity contribution in [2.45, 2.75) is 32.7 Å². The highest BCUT2D eigenvalue weighted by atomic mass is 32.1. The van der Waals surface area contributed by atoms with Crippen LogP contribution in [0.4, 0.5) is 21.3 Å². The van der Waals surface area contributed by atoms with E-state index in [0.717, 1.165) is 35.2 Å². The van der Waals surface area contributed by atoms with Crippen molar-refractivity contribution in [3.8, 4) is 0 Å². The fourth-order valence-corrected chi connectivity index (χ4v) is 5.26. The van der Waals surface area contributed by atoms with Crippen LogP contribution in [0.2, 0.25) is 0 Å². The molecule has 33 heavy (non-hydrogen) atoms. The molecule has 8 nitrogen and oxygen atoms in total. The molecule has 3 amide bonds. The van der Waals surface area contributed by atoms with E-state index in [2.05, 4.69) is 20.9 Å². The maximum atomic E-state index is 13.1. The first kappa shape index (κ1) is 21.5. The number of aromatic nitrogens is 2. The lowest BCUT2D eigenvalue weighted by molar-refractivity contribution is 0.101. The zero-order valence-electron chi connectivity index (χ0n) is 18.7. The lowest BCUT2D eigenvalue weighted by Gasteiger charge is -2.25. The topological polar surface area (TPSA) is 82.5 Å².